The number of hydrogen-bond donors (Lipinski definition) is 4. The summed E-state index contributed by atoms with van der Waals surface area (Å²) in [6.45, 7) is 3.39. The number of sulfonamides is 1. The van der Waals surface area contributed by atoms with E-state index in [1.54, 1.807) is 32.0 Å². The van der Waals surface area contributed by atoms with Gasteiger partial charge in [0.15, 0.2) is 0 Å². The lowest BCUT2D eigenvalue weighted by Gasteiger charge is -2.15. The van der Waals surface area contributed by atoms with Crippen molar-refractivity contribution in [1.29, 1.82) is 0 Å². The molecule has 0 aliphatic heterocycles. The summed E-state index contributed by atoms with van der Waals surface area (Å²) < 4.78 is 22.1. The van der Waals surface area contributed by atoms with E-state index in [1.807, 2.05) is 0 Å². The van der Waals surface area contributed by atoms with Crippen LogP contribution in [0.1, 0.15) is 19.4 Å². The minimum Gasteiger partial charge on any atom is -0.346 e. The Morgan fingerprint density at radius 2 is 1.88 bits per heavy atom. The van der Waals surface area contributed by atoms with Crippen LogP contribution in [0.15, 0.2) is 24.3 Å². The lowest BCUT2D eigenvalue weighted by molar-refractivity contribution is -0.125. The summed E-state index contributed by atoms with van der Waals surface area (Å²) in [5.41, 5.74) is 6.54. The van der Waals surface area contributed by atoms with E-state index in [-0.39, 0.29) is 30.6 Å². The second-order valence-electron chi connectivity index (χ2n) is 5.54. The van der Waals surface area contributed by atoms with Gasteiger partial charge in [-0.2, -0.15) is 0 Å². The first kappa shape index (κ1) is 22.3. The summed E-state index contributed by atoms with van der Waals surface area (Å²) in [7, 11) is -3.65. The van der Waals surface area contributed by atoms with E-state index in [4.69, 9.17) is 10.9 Å². The van der Waals surface area contributed by atoms with E-state index in [9.17, 15) is 18.0 Å². The van der Waals surface area contributed by atoms with Gasteiger partial charge in [0.1, 0.15) is 0 Å². The Balaban J connectivity index is 0.00000529. The third-order valence-corrected chi connectivity index (χ3v) is 3.76. The monoisotopic (exact) mass is 378 g/mol. The molecule has 1 aromatic carbocycles. The van der Waals surface area contributed by atoms with Gasteiger partial charge in [-0.3, -0.25) is 9.59 Å². The largest absolute Gasteiger partial charge is 0.346 e. The summed E-state index contributed by atoms with van der Waals surface area (Å²) >= 11 is 0. The maximum Gasteiger partial charge on any atom is 0.243 e. The van der Waals surface area contributed by atoms with Gasteiger partial charge in [0.25, 0.3) is 0 Å². The number of nitrogens with one attached hydrogen (secondary N) is 2. The van der Waals surface area contributed by atoms with Crippen LogP contribution >= 0.6 is 12.4 Å². The third kappa shape index (κ3) is 8.25. The summed E-state index contributed by atoms with van der Waals surface area (Å²) in [6, 6.07) is 5.61. The van der Waals surface area contributed by atoms with Crippen LogP contribution in [0.5, 0.6) is 0 Å². The predicted molar refractivity (Wildman–Crippen MR) is 95.0 cm³/mol. The molecule has 1 aromatic rings. The quantitative estimate of drug-likeness (QED) is 0.525. The molecule has 0 unspecified atom stereocenters. The molecular formula is C14H23ClN4O4S. The summed E-state index contributed by atoms with van der Waals surface area (Å²) in [5.74, 6) is -1.20. The summed E-state index contributed by atoms with van der Waals surface area (Å²) in [5, 5.41) is 9.98. The Kier molecular flexibility index (Phi) is 8.91. The van der Waals surface area contributed by atoms with Crippen molar-refractivity contribution in [3.63, 3.8) is 0 Å². The lowest BCUT2D eigenvalue weighted by atomic mass is 10.1. The number of rotatable bonds is 7. The van der Waals surface area contributed by atoms with Crippen molar-refractivity contribution in [2.75, 3.05) is 11.9 Å². The van der Waals surface area contributed by atoms with Crippen LogP contribution in [-0.2, 0) is 25.4 Å². The smallest absolute Gasteiger partial charge is 0.243 e. The van der Waals surface area contributed by atoms with E-state index in [1.165, 1.54) is 6.07 Å². The van der Waals surface area contributed by atoms with Gasteiger partial charge < -0.3 is 16.4 Å². The zero-order chi connectivity index (χ0) is 17.6. The number of amides is 2. The van der Waals surface area contributed by atoms with Crippen molar-refractivity contribution >= 4 is 39.9 Å². The highest BCUT2D eigenvalue weighted by Crippen LogP contribution is 2.12. The maximum absolute atomic E-state index is 11.8. The fourth-order valence-electron chi connectivity index (χ4n) is 1.76. The molecule has 0 aliphatic carbocycles. The Bertz CT molecular complexity index is 679. The number of benzene rings is 1. The third-order valence-electron chi connectivity index (χ3n) is 3.02. The molecule has 0 bridgehead atoms. The van der Waals surface area contributed by atoms with Gasteiger partial charge in [0, 0.05) is 5.69 Å². The fourth-order valence-corrected chi connectivity index (χ4v) is 2.41. The Hall–Kier alpha value is -1.68. The summed E-state index contributed by atoms with van der Waals surface area (Å²) in [6.07, 6.45) is 0. The number of hydrogen-bond acceptors (Lipinski definition) is 5. The van der Waals surface area contributed by atoms with Gasteiger partial charge >= 0.3 is 0 Å². The number of carbonyl (C=O) groups is 2. The maximum atomic E-state index is 11.8. The molecule has 24 heavy (non-hydrogen) atoms. The molecule has 0 aromatic heterocycles. The van der Waals surface area contributed by atoms with E-state index < -0.39 is 27.9 Å². The Morgan fingerprint density at radius 3 is 2.42 bits per heavy atom. The molecule has 0 saturated carbocycles. The first-order chi connectivity index (χ1) is 10.6. The summed E-state index contributed by atoms with van der Waals surface area (Å²) in [4.78, 5) is 23.5. The number of carbonyl (C=O) groups excluding carboxylic acids is 2. The van der Waals surface area contributed by atoms with Crippen molar-refractivity contribution in [2.45, 2.75) is 25.6 Å². The Morgan fingerprint density at radius 1 is 1.25 bits per heavy atom. The van der Waals surface area contributed by atoms with Crippen molar-refractivity contribution in [3.05, 3.63) is 29.8 Å². The molecule has 1 rings (SSSR count). The standard InChI is InChI=1S/C14H22N4O4S.ClH/c1-9(2)13(15)14(20)17-7-12(19)18-11-5-3-4-10(6-11)8-23(16,21)22;/h3-6,9,13H,7-8,15H2,1-2H3,(H,17,20)(H,18,19)(H2,16,21,22);1H/t13-;/m0./s1. The zero-order valence-corrected chi connectivity index (χ0v) is 15.1. The van der Waals surface area contributed by atoms with Crippen LogP contribution in [0, 0.1) is 5.92 Å². The fraction of sp³-hybridized carbons (Fsp3) is 0.429. The first-order valence-corrected chi connectivity index (χ1v) is 8.72. The van der Waals surface area contributed by atoms with Crippen LogP contribution in [0.2, 0.25) is 0 Å². The van der Waals surface area contributed by atoms with Crippen LogP contribution in [0.4, 0.5) is 5.69 Å². The van der Waals surface area contributed by atoms with Crippen molar-refractivity contribution in [1.82, 2.24) is 5.32 Å². The second-order valence-corrected chi connectivity index (χ2v) is 7.16. The normalized spacial score (nSPS) is 12.2. The van der Waals surface area contributed by atoms with E-state index >= 15 is 0 Å². The van der Waals surface area contributed by atoms with Gasteiger partial charge in [0.05, 0.1) is 18.3 Å². The van der Waals surface area contributed by atoms with Crippen LogP contribution in [0.3, 0.4) is 0 Å². The first-order valence-electron chi connectivity index (χ1n) is 7.01. The molecule has 0 fully saturated rings. The molecule has 2 amide bonds. The lowest BCUT2D eigenvalue weighted by Crippen LogP contribution is -2.46. The molecular weight excluding hydrogens is 356 g/mol. The highest BCUT2D eigenvalue weighted by atomic mass is 35.5. The Labute approximate surface area is 147 Å². The number of nitrogens with two attached hydrogens (primary N) is 2. The SMILES string of the molecule is CC(C)[C@H](N)C(=O)NCC(=O)Nc1cccc(CS(N)(=O)=O)c1.Cl. The molecule has 8 nitrogen and oxygen atoms in total. The van der Waals surface area contributed by atoms with Gasteiger partial charge in [0.2, 0.25) is 21.8 Å². The van der Waals surface area contributed by atoms with Crippen molar-refractivity contribution in [3.8, 4) is 0 Å². The molecule has 136 valence electrons. The molecule has 6 N–H and O–H groups in total. The van der Waals surface area contributed by atoms with E-state index in [2.05, 4.69) is 10.6 Å². The molecule has 0 radical (unpaired) electrons. The second kappa shape index (κ2) is 9.58. The number of halogens is 1. The van der Waals surface area contributed by atoms with E-state index in [0.717, 1.165) is 0 Å². The minimum atomic E-state index is -3.65. The predicted octanol–water partition coefficient (Wildman–Crippen LogP) is -0.0651. The molecule has 0 saturated heterocycles. The molecule has 1 atom stereocenters. The highest BCUT2D eigenvalue weighted by Gasteiger charge is 2.17. The van der Waals surface area contributed by atoms with Gasteiger partial charge in [-0.1, -0.05) is 26.0 Å². The van der Waals surface area contributed by atoms with Crippen LogP contribution in [0.25, 0.3) is 0 Å². The minimum absolute atomic E-state index is 0. The number of anilines is 1. The average molecular weight is 379 g/mol. The number of primary sulfonamides is 1. The zero-order valence-electron chi connectivity index (χ0n) is 13.5. The van der Waals surface area contributed by atoms with Gasteiger partial charge in [-0.15, -0.1) is 12.4 Å². The van der Waals surface area contributed by atoms with Gasteiger partial charge in [-0.05, 0) is 23.6 Å². The molecule has 0 spiro atoms. The molecule has 0 aliphatic rings. The molecule has 0 heterocycles. The van der Waals surface area contributed by atoms with Crippen LogP contribution in [-0.4, -0.2) is 32.8 Å². The van der Waals surface area contributed by atoms with Crippen molar-refractivity contribution < 1.29 is 18.0 Å². The highest BCUT2D eigenvalue weighted by molar-refractivity contribution is 7.88. The average Bonchev–Trinajstić information content (AvgIpc) is 2.42. The van der Waals surface area contributed by atoms with E-state index in [0.29, 0.717) is 11.3 Å². The van der Waals surface area contributed by atoms with Crippen LogP contribution < -0.4 is 21.5 Å². The van der Waals surface area contributed by atoms with Gasteiger partial charge in [-0.25, -0.2) is 13.6 Å². The molecule has 10 heteroatoms. The van der Waals surface area contributed by atoms with Crippen molar-refractivity contribution in [2.24, 2.45) is 16.8 Å². The topological polar surface area (TPSA) is 144 Å².